The lowest BCUT2D eigenvalue weighted by molar-refractivity contribution is 0.310. The molecule has 2 fully saturated rings. The van der Waals surface area contributed by atoms with Crippen LogP contribution in [0.15, 0.2) is 12.3 Å². The topological polar surface area (TPSA) is 45.5 Å². The Kier molecular flexibility index (Phi) is 3.19. The summed E-state index contributed by atoms with van der Waals surface area (Å²) >= 11 is 0. The zero-order valence-electron chi connectivity index (χ0n) is 12.8. The summed E-state index contributed by atoms with van der Waals surface area (Å²) in [6.45, 7) is 8.63. The number of imidazole rings is 1. The molecule has 0 bridgehead atoms. The van der Waals surface area contributed by atoms with Gasteiger partial charge in [-0.25, -0.2) is 9.97 Å². The third kappa shape index (κ3) is 2.45. The van der Waals surface area contributed by atoms with Crippen molar-refractivity contribution < 1.29 is 0 Å². The minimum absolute atomic E-state index is 0.692. The van der Waals surface area contributed by atoms with Crippen LogP contribution < -0.4 is 5.32 Å². The van der Waals surface area contributed by atoms with Gasteiger partial charge in [0.15, 0.2) is 0 Å². The van der Waals surface area contributed by atoms with Crippen molar-refractivity contribution in [3.8, 4) is 0 Å². The number of aromatic nitrogens is 3. The maximum absolute atomic E-state index is 4.71. The van der Waals surface area contributed by atoms with E-state index in [1.165, 1.54) is 31.6 Å². The molecular formula is C16H23N5. The van der Waals surface area contributed by atoms with Crippen LogP contribution in [0.5, 0.6) is 0 Å². The van der Waals surface area contributed by atoms with Crippen LogP contribution in [0, 0.1) is 19.8 Å². The summed E-state index contributed by atoms with van der Waals surface area (Å²) in [6.07, 6.45) is 4.84. The fraction of sp³-hybridized carbons (Fsp3) is 0.625. The van der Waals surface area contributed by atoms with Crippen molar-refractivity contribution in [1.29, 1.82) is 0 Å². The Labute approximate surface area is 125 Å². The Morgan fingerprint density at radius 1 is 1.29 bits per heavy atom. The molecule has 21 heavy (non-hydrogen) atoms. The Morgan fingerprint density at radius 3 is 3.05 bits per heavy atom. The number of nitrogens with one attached hydrogen (secondary N) is 1. The van der Waals surface area contributed by atoms with Crippen molar-refractivity contribution in [3.05, 3.63) is 29.3 Å². The van der Waals surface area contributed by atoms with Gasteiger partial charge in [-0.15, -0.1) is 0 Å². The van der Waals surface area contributed by atoms with Crippen LogP contribution in [0.4, 0.5) is 0 Å². The lowest BCUT2D eigenvalue weighted by Gasteiger charge is -2.24. The van der Waals surface area contributed by atoms with Crippen molar-refractivity contribution in [3.63, 3.8) is 0 Å². The molecule has 4 rings (SSSR count). The zero-order chi connectivity index (χ0) is 14.4. The van der Waals surface area contributed by atoms with E-state index in [2.05, 4.69) is 38.8 Å². The number of rotatable bonds is 2. The van der Waals surface area contributed by atoms with Crippen molar-refractivity contribution in [2.24, 2.45) is 5.92 Å². The van der Waals surface area contributed by atoms with Gasteiger partial charge in [0.05, 0.1) is 5.69 Å². The highest BCUT2D eigenvalue weighted by Crippen LogP contribution is 2.26. The molecule has 2 unspecified atom stereocenters. The first-order chi connectivity index (χ1) is 10.2. The molecule has 0 aliphatic carbocycles. The molecule has 2 atom stereocenters. The lowest BCUT2D eigenvalue weighted by Crippen LogP contribution is -2.40. The van der Waals surface area contributed by atoms with Gasteiger partial charge >= 0.3 is 0 Å². The van der Waals surface area contributed by atoms with Gasteiger partial charge in [0.1, 0.15) is 0 Å². The fourth-order valence-corrected chi connectivity index (χ4v) is 3.89. The van der Waals surface area contributed by atoms with Gasteiger partial charge in [0.25, 0.3) is 0 Å². The number of fused-ring (bicyclic) bond motifs is 2. The quantitative estimate of drug-likeness (QED) is 0.909. The molecule has 0 radical (unpaired) electrons. The molecule has 2 aliphatic rings. The fourth-order valence-electron chi connectivity index (χ4n) is 3.89. The van der Waals surface area contributed by atoms with Gasteiger partial charge < -0.3 is 5.32 Å². The van der Waals surface area contributed by atoms with Crippen LogP contribution >= 0.6 is 0 Å². The molecule has 5 nitrogen and oxygen atoms in total. The molecule has 0 spiro atoms. The van der Waals surface area contributed by atoms with E-state index in [9.17, 15) is 0 Å². The maximum atomic E-state index is 4.71. The van der Waals surface area contributed by atoms with Crippen LogP contribution in [0.25, 0.3) is 5.78 Å². The Bertz CT molecular complexity index is 648. The number of hydrogen-bond acceptors (Lipinski definition) is 4. The summed E-state index contributed by atoms with van der Waals surface area (Å²) in [4.78, 5) is 11.8. The average molecular weight is 285 g/mol. The molecule has 2 aliphatic heterocycles. The van der Waals surface area contributed by atoms with Crippen molar-refractivity contribution >= 4 is 5.78 Å². The van der Waals surface area contributed by atoms with Crippen LogP contribution in [0.2, 0.25) is 0 Å². The molecule has 4 heterocycles. The molecule has 112 valence electrons. The number of piperidine rings is 1. The summed E-state index contributed by atoms with van der Waals surface area (Å²) in [7, 11) is 0. The van der Waals surface area contributed by atoms with Crippen LogP contribution in [0.1, 0.15) is 29.9 Å². The largest absolute Gasteiger partial charge is 0.312 e. The van der Waals surface area contributed by atoms with Gasteiger partial charge in [-0.2, -0.15) is 0 Å². The van der Waals surface area contributed by atoms with E-state index in [1.54, 1.807) is 0 Å². The third-order valence-corrected chi connectivity index (χ3v) is 4.87. The average Bonchev–Trinajstić information content (AvgIpc) is 3.01. The molecule has 2 aromatic heterocycles. The van der Waals surface area contributed by atoms with Crippen molar-refractivity contribution in [2.75, 3.05) is 19.6 Å². The molecular weight excluding hydrogens is 262 g/mol. The van der Waals surface area contributed by atoms with Crippen LogP contribution in [-0.4, -0.2) is 44.9 Å². The molecule has 0 aromatic carbocycles. The van der Waals surface area contributed by atoms with E-state index < -0.39 is 0 Å². The summed E-state index contributed by atoms with van der Waals surface area (Å²) in [5, 5.41) is 3.66. The van der Waals surface area contributed by atoms with Crippen molar-refractivity contribution in [1.82, 2.24) is 24.6 Å². The zero-order valence-corrected chi connectivity index (χ0v) is 12.8. The number of nitrogens with zero attached hydrogens (tertiary/aromatic N) is 4. The first-order valence-electron chi connectivity index (χ1n) is 7.97. The van der Waals surface area contributed by atoms with E-state index in [-0.39, 0.29) is 0 Å². The smallest absolute Gasteiger partial charge is 0.234 e. The molecule has 2 aromatic rings. The minimum Gasteiger partial charge on any atom is -0.312 e. The first-order valence-corrected chi connectivity index (χ1v) is 7.97. The summed E-state index contributed by atoms with van der Waals surface area (Å²) in [6, 6.07) is 2.80. The molecule has 0 amide bonds. The Morgan fingerprint density at radius 2 is 2.19 bits per heavy atom. The van der Waals surface area contributed by atoms with E-state index in [0.29, 0.717) is 6.04 Å². The highest BCUT2D eigenvalue weighted by molar-refractivity contribution is 5.34. The van der Waals surface area contributed by atoms with E-state index in [1.807, 2.05) is 6.92 Å². The van der Waals surface area contributed by atoms with Crippen LogP contribution in [-0.2, 0) is 6.54 Å². The maximum Gasteiger partial charge on any atom is 0.234 e. The van der Waals surface area contributed by atoms with Gasteiger partial charge in [-0.05, 0) is 45.2 Å². The number of aryl methyl sites for hydroxylation is 2. The van der Waals surface area contributed by atoms with Gasteiger partial charge in [0, 0.05) is 43.3 Å². The van der Waals surface area contributed by atoms with E-state index >= 15 is 0 Å². The number of likely N-dealkylation sites (tertiary alicyclic amines) is 1. The monoisotopic (exact) mass is 285 g/mol. The number of hydrogen-bond donors (Lipinski definition) is 1. The second-order valence-corrected chi connectivity index (χ2v) is 6.60. The molecule has 0 saturated carbocycles. The predicted molar refractivity (Wildman–Crippen MR) is 82.3 cm³/mol. The van der Waals surface area contributed by atoms with Gasteiger partial charge in [-0.1, -0.05) is 0 Å². The molecule has 2 saturated heterocycles. The van der Waals surface area contributed by atoms with Crippen LogP contribution in [0.3, 0.4) is 0 Å². The highest BCUT2D eigenvalue weighted by Gasteiger charge is 2.34. The summed E-state index contributed by atoms with van der Waals surface area (Å²) in [5.41, 5.74) is 3.37. The molecule has 1 N–H and O–H groups in total. The van der Waals surface area contributed by atoms with E-state index in [4.69, 9.17) is 4.98 Å². The van der Waals surface area contributed by atoms with Gasteiger partial charge in [0.2, 0.25) is 5.78 Å². The minimum atomic E-state index is 0.692. The second-order valence-electron chi connectivity index (χ2n) is 6.60. The second kappa shape index (κ2) is 5.07. The normalized spacial score (nSPS) is 26.4. The Hall–Kier alpha value is -1.46. The van der Waals surface area contributed by atoms with E-state index in [0.717, 1.165) is 36.2 Å². The lowest BCUT2D eigenvalue weighted by atomic mass is 9.94. The standard InChI is InChI=1S/C16H23N5/c1-11-6-12(2)21-9-14(19-16(21)18-11)8-20-7-13-4-3-5-17-15(13)10-20/h6,9,13,15,17H,3-5,7-8,10H2,1-2H3. The predicted octanol–water partition coefficient (Wildman–Crippen LogP) is 1.53. The SMILES string of the molecule is Cc1cc(C)n2cc(CN3CC4CCCNC4C3)nc2n1. The summed E-state index contributed by atoms with van der Waals surface area (Å²) in [5.74, 6) is 1.66. The first kappa shape index (κ1) is 13.2. The van der Waals surface area contributed by atoms with Crippen molar-refractivity contribution in [2.45, 2.75) is 39.3 Å². The Balaban J connectivity index is 1.53. The summed E-state index contributed by atoms with van der Waals surface area (Å²) < 4.78 is 2.10. The highest BCUT2D eigenvalue weighted by atomic mass is 15.2. The van der Waals surface area contributed by atoms with Gasteiger partial charge in [-0.3, -0.25) is 9.30 Å². The third-order valence-electron chi connectivity index (χ3n) is 4.87. The molecule has 5 heteroatoms.